The number of hydrogen-bond acceptors (Lipinski definition) is 4. The third-order valence-electron chi connectivity index (χ3n) is 3.41. The highest BCUT2D eigenvalue weighted by Crippen LogP contribution is 2.23. The molecule has 1 amide bonds. The number of piperidine rings is 1. The molecule has 1 saturated heterocycles. The number of carbonyl (C=O) groups is 1. The number of rotatable bonds is 3. The van der Waals surface area contributed by atoms with Gasteiger partial charge in [0.1, 0.15) is 5.69 Å². The van der Waals surface area contributed by atoms with Gasteiger partial charge in [-0.15, -0.1) is 11.3 Å². The van der Waals surface area contributed by atoms with E-state index in [0.29, 0.717) is 5.69 Å². The minimum atomic E-state index is 0.124. The fourth-order valence-electron chi connectivity index (χ4n) is 2.42. The van der Waals surface area contributed by atoms with E-state index in [1.165, 1.54) is 5.75 Å². The van der Waals surface area contributed by atoms with E-state index in [1.54, 1.807) is 11.3 Å². The van der Waals surface area contributed by atoms with Crippen LogP contribution in [-0.4, -0.2) is 40.9 Å². The van der Waals surface area contributed by atoms with Gasteiger partial charge in [-0.25, -0.2) is 4.98 Å². The molecule has 1 aromatic heterocycles. The third kappa shape index (κ3) is 3.06. The highest BCUT2D eigenvalue weighted by Gasteiger charge is 2.25. The molecule has 0 spiro atoms. The van der Waals surface area contributed by atoms with Gasteiger partial charge in [-0.3, -0.25) is 4.79 Å². The van der Waals surface area contributed by atoms with Crippen LogP contribution in [-0.2, 0) is 0 Å². The highest BCUT2D eigenvalue weighted by atomic mass is 32.2. The quantitative estimate of drug-likeness (QED) is 0.855. The van der Waals surface area contributed by atoms with Crippen LogP contribution in [0.15, 0.2) is 0 Å². The summed E-state index contributed by atoms with van der Waals surface area (Å²) in [5, 5.41) is 0.980. The molecule has 0 aromatic carbocycles. The number of thiazole rings is 1. The van der Waals surface area contributed by atoms with Gasteiger partial charge >= 0.3 is 0 Å². The first-order valence-electron chi connectivity index (χ1n) is 6.34. The van der Waals surface area contributed by atoms with Crippen molar-refractivity contribution in [2.45, 2.75) is 26.7 Å². The maximum Gasteiger partial charge on any atom is 0.273 e. The Morgan fingerprint density at radius 3 is 2.61 bits per heavy atom. The summed E-state index contributed by atoms with van der Waals surface area (Å²) in [5.41, 5.74) is 0.667. The minimum Gasteiger partial charge on any atom is -0.337 e. The summed E-state index contributed by atoms with van der Waals surface area (Å²) in [4.78, 5) is 19.7. The highest BCUT2D eigenvalue weighted by molar-refractivity contribution is 7.98. The summed E-state index contributed by atoms with van der Waals surface area (Å²) in [7, 11) is 0. The molecule has 0 N–H and O–H groups in total. The van der Waals surface area contributed by atoms with Gasteiger partial charge in [-0.05, 0) is 44.6 Å². The first kappa shape index (κ1) is 13.9. The Balaban J connectivity index is 1.97. The minimum absolute atomic E-state index is 0.124. The van der Waals surface area contributed by atoms with E-state index >= 15 is 0 Å². The Morgan fingerprint density at radius 1 is 1.44 bits per heavy atom. The third-order valence-corrected chi connectivity index (χ3v) is 5.10. The molecule has 1 fully saturated rings. The van der Waals surface area contributed by atoms with E-state index in [9.17, 15) is 4.79 Å². The second-order valence-electron chi connectivity index (χ2n) is 4.83. The SMILES string of the molecule is CSCC1CCN(C(=O)c2nc(C)sc2C)CC1. The van der Waals surface area contributed by atoms with E-state index in [-0.39, 0.29) is 5.91 Å². The van der Waals surface area contributed by atoms with Crippen LogP contribution in [0.25, 0.3) is 0 Å². The Morgan fingerprint density at radius 2 is 2.11 bits per heavy atom. The molecule has 5 heteroatoms. The van der Waals surface area contributed by atoms with Crippen molar-refractivity contribution in [3.63, 3.8) is 0 Å². The maximum absolute atomic E-state index is 12.4. The van der Waals surface area contributed by atoms with Crippen LogP contribution < -0.4 is 0 Å². The Kier molecular flexibility index (Phi) is 4.67. The molecule has 1 aliphatic heterocycles. The zero-order valence-corrected chi connectivity index (χ0v) is 12.9. The maximum atomic E-state index is 12.4. The summed E-state index contributed by atoms with van der Waals surface area (Å²) < 4.78 is 0. The summed E-state index contributed by atoms with van der Waals surface area (Å²) in [6, 6.07) is 0. The molecule has 0 atom stereocenters. The van der Waals surface area contributed by atoms with Crippen LogP contribution in [0.2, 0.25) is 0 Å². The molecular weight excluding hydrogens is 264 g/mol. The van der Waals surface area contributed by atoms with Crippen molar-refractivity contribution < 1.29 is 4.79 Å². The predicted molar refractivity (Wildman–Crippen MR) is 78.6 cm³/mol. The lowest BCUT2D eigenvalue weighted by molar-refractivity contribution is 0.0692. The van der Waals surface area contributed by atoms with Gasteiger partial charge in [0.25, 0.3) is 5.91 Å². The summed E-state index contributed by atoms with van der Waals surface area (Å²) in [6.07, 6.45) is 4.42. The molecule has 18 heavy (non-hydrogen) atoms. The number of thioether (sulfide) groups is 1. The molecule has 0 saturated carbocycles. The zero-order chi connectivity index (χ0) is 13.1. The van der Waals surface area contributed by atoms with E-state index < -0.39 is 0 Å². The van der Waals surface area contributed by atoms with Gasteiger partial charge in [-0.1, -0.05) is 0 Å². The van der Waals surface area contributed by atoms with Gasteiger partial charge in [0.2, 0.25) is 0 Å². The first-order chi connectivity index (χ1) is 8.61. The average Bonchev–Trinajstić information content (AvgIpc) is 2.69. The molecule has 2 heterocycles. The van der Waals surface area contributed by atoms with Crippen molar-refractivity contribution in [2.24, 2.45) is 5.92 Å². The number of likely N-dealkylation sites (tertiary alicyclic amines) is 1. The molecular formula is C13H20N2OS2. The normalized spacial score (nSPS) is 17.2. The number of aryl methyl sites for hydroxylation is 2. The largest absolute Gasteiger partial charge is 0.337 e. The summed E-state index contributed by atoms with van der Waals surface area (Å²) in [5.74, 6) is 2.12. The first-order valence-corrected chi connectivity index (χ1v) is 8.55. The molecule has 0 radical (unpaired) electrons. The zero-order valence-electron chi connectivity index (χ0n) is 11.2. The second-order valence-corrected chi connectivity index (χ2v) is 7.15. The predicted octanol–water partition coefficient (Wildman–Crippen LogP) is 2.98. The fraction of sp³-hybridized carbons (Fsp3) is 0.692. The Labute approximate surface area is 117 Å². The summed E-state index contributed by atoms with van der Waals surface area (Å²) in [6.45, 7) is 5.72. The number of carbonyl (C=O) groups excluding carboxylic acids is 1. The van der Waals surface area contributed by atoms with Gasteiger partial charge in [-0.2, -0.15) is 11.8 Å². The van der Waals surface area contributed by atoms with Crippen LogP contribution in [0.5, 0.6) is 0 Å². The Hall–Kier alpha value is -0.550. The van der Waals surface area contributed by atoms with Crippen LogP contribution in [0.3, 0.4) is 0 Å². The number of amides is 1. The molecule has 2 rings (SSSR count). The standard InChI is InChI=1S/C13H20N2OS2/c1-9-12(14-10(2)18-9)13(16)15-6-4-11(5-7-15)8-17-3/h11H,4-8H2,1-3H3. The lowest BCUT2D eigenvalue weighted by Crippen LogP contribution is -2.39. The molecule has 0 aliphatic carbocycles. The van der Waals surface area contributed by atoms with Crippen LogP contribution in [0.1, 0.15) is 33.2 Å². The van der Waals surface area contributed by atoms with Crippen molar-refractivity contribution in [3.05, 3.63) is 15.6 Å². The fourth-order valence-corrected chi connectivity index (χ4v) is 4.03. The van der Waals surface area contributed by atoms with Gasteiger partial charge < -0.3 is 4.90 Å². The van der Waals surface area contributed by atoms with Gasteiger partial charge in [0.05, 0.1) is 5.01 Å². The van der Waals surface area contributed by atoms with Crippen molar-refractivity contribution in [3.8, 4) is 0 Å². The molecule has 1 aromatic rings. The molecule has 1 aliphatic rings. The van der Waals surface area contributed by atoms with Crippen molar-refractivity contribution >= 4 is 29.0 Å². The monoisotopic (exact) mass is 284 g/mol. The van der Waals surface area contributed by atoms with Crippen LogP contribution in [0.4, 0.5) is 0 Å². The molecule has 0 unspecified atom stereocenters. The van der Waals surface area contributed by atoms with Gasteiger partial charge in [0.15, 0.2) is 0 Å². The molecule has 100 valence electrons. The lowest BCUT2D eigenvalue weighted by atomic mass is 9.99. The summed E-state index contributed by atoms with van der Waals surface area (Å²) >= 11 is 3.51. The molecule has 0 bridgehead atoms. The second kappa shape index (κ2) is 6.06. The van der Waals surface area contributed by atoms with E-state index in [0.717, 1.165) is 41.7 Å². The van der Waals surface area contributed by atoms with Crippen LogP contribution >= 0.6 is 23.1 Å². The van der Waals surface area contributed by atoms with Crippen molar-refractivity contribution in [1.29, 1.82) is 0 Å². The van der Waals surface area contributed by atoms with E-state index in [4.69, 9.17) is 0 Å². The van der Waals surface area contributed by atoms with E-state index in [2.05, 4.69) is 11.2 Å². The van der Waals surface area contributed by atoms with Crippen LogP contribution in [0, 0.1) is 19.8 Å². The number of aromatic nitrogens is 1. The molecule has 3 nitrogen and oxygen atoms in total. The van der Waals surface area contributed by atoms with Crippen molar-refractivity contribution in [1.82, 2.24) is 9.88 Å². The smallest absolute Gasteiger partial charge is 0.273 e. The number of hydrogen-bond donors (Lipinski definition) is 0. The average molecular weight is 284 g/mol. The van der Waals surface area contributed by atoms with Crippen molar-refractivity contribution in [2.75, 3.05) is 25.1 Å². The topological polar surface area (TPSA) is 33.2 Å². The van der Waals surface area contributed by atoms with E-state index in [1.807, 2.05) is 30.5 Å². The number of nitrogens with zero attached hydrogens (tertiary/aromatic N) is 2. The lowest BCUT2D eigenvalue weighted by Gasteiger charge is -2.31. The Bertz CT molecular complexity index is 423. The van der Waals surface area contributed by atoms with Gasteiger partial charge in [0, 0.05) is 18.0 Å².